The van der Waals surface area contributed by atoms with Crippen LogP contribution in [0.25, 0.3) is 0 Å². The summed E-state index contributed by atoms with van der Waals surface area (Å²) in [5.74, 6) is -0.394. The van der Waals surface area contributed by atoms with Gasteiger partial charge in [0.1, 0.15) is 11.5 Å². The van der Waals surface area contributed by atoms with Crippen LogP contribution in [0.3, 0.4) is 0 Å². The molecular formula is C22H27FN4O2. The van der Waals surface area contributed by atoms with Crippen LogP contribution in [-0.4, -0.2) is 70.8 Å². The quantitative estimate of drug-likeness (QED) is 0.776. The highest BCUT2D eigenvalue weighted by Crippen LogP contribution is 2.13. The van der Waals surface area contributed by atoms with Crippen LogP contribution in [0.2, 0.25) is 0 Å². The Morgan fingerprint density at radius 2 is 1.97 bits per heavy atom. The molecule has 2 amide bonds. The molecule has 0 spiro atoms. The maximum absolute atomic E-state index is 13.4. The zero-order chi connectivity index (χ0) is 20.8. The van der Waals surface area contributed by atoms with Gasteiger partial charge in [0.2, 0.25) is 5.91 Å². The highest BCUT2D eigenvalue weighted by Gasteiger charge is 2.28. The maximum Gasteiger partial charge on any atom is 0.272 e. The van der Waals surface area contributed by atoms with E-state index in [1.54, 1.807) is 47.3 Å². The molecule has 0 N–H and O–H groups in total. The van der Waals surface area contributed by atoms with Crippen LogP contribution in [0.5, 0.6) is 0 Å². The van der Waals surface area contributed by atoms with Crippen molar-refractivity contribution in [2.45, 2.75) is 25.9 Å². The molecule has 0 saturated carbocycles. The van der Waals surface area contributed by atoms with Gasteiger partial charge in [-0.25, -0.2) is 4.39 Å². The molecule has 1 aliphatic heterocycles. The number of pyridine rings is 1. The Bertz CT molecular complexity index is 846. The lowest BCUT2D eigenvalue weighted by Gasteiger charge is -2.30. The molecule has 154 valence electrons. The number of halogens is 1. The van der Waals surface area contributed by atoms with Gasteiger partial charge in [-0.2, -0.15) is 0 Å². The number of hydrogen-bond donors (Lipinski definition) is 0. The molecule has 2 heterocycles. The minimum atomic E-state index is -0.307. The van der Waals surface area contributed by atoms with E-state index in [1.807, 2.05) is 13.0 Å². The topological polar surface area (TPSA) is 56.8 Å². The minimum Gasteiger partial charge on any atom is -0.340 e. The van der Waals surface area contributed by atoms with Crippen LogP contribution in [0.1, 0.15) is 29.4 Å². The summed E-state index contributed by atoms with van der Waals surface area (Å²) in [7, 11) is 1.73. The molecule has 1 saturated heterocycles. The summed E-state index contributed by atoms with van der Waals surface area (Å²) in [5.41, 5.74) is 1.20. The van der Waals surface area contributed by atoms with Gasteiger partial charge in [-0.15, -0.1) is 0 Å². The number of benzene rings is 1. The van der Waals surface area contributed by atoms with Gasteiger partial charge in [-0.05, 0) is 43.2 Å². The third-order valence-corrected chi connectivity index (χ3v) is 5.29. The molecule has 0 bridgehead atoms. The van der Waals surface area contributed by atoms with E-state index in [2.05, 4.69) is 9.88 Å². The van der Waals surface area contributed by atoms with Crippen LogP contribution in [0, 0.1) is 5.82 Å². The Morgan fingerprint density at radius 1 is 1.14 bits per heavy atom. The maximum atomic E-state index is 13.4. The monoisotopic (exact) mass is 398 g/mol. The molecule has 29 heavy (non-hydrogen) atoms. The Hall–Kier alpha value is -2.80. The summed E-state index contributed by atoms with van der Waals surface area (Å²) in [6.07, 6.45) is 2.41. The SMILES string of the molecule is C[C@@H](C(=O)N(C)Cc1cccc(F)c1)N1CCCN(C(=O)c2ccccn2)CC1. The molecule has 1 atom stereocenters. The van der Waals surface area contributed by atoms with Crippen molar-refractivity contribution in [3.8, 4) is 0 Å². The van der Waals surface area contributed by atoms with E-state index in [-0.39, 0.29) is 23.7 Å². The molecule has 0 unspecified atom stereocenters. The van der Waals surface area contributed by atoms with Crippen molar-refractivity contribution in [3.05, 3.63) is 65.7 Å². The van der Waals surface area contributed by atoms with Crippen LogP contribution < -0.4 is 0 Å². The first-order valence-electron chi connectivity index (χ1n) is 9.89. The Labute approximate surface area is 170 Å². The van der Waals surface area contributed by atoms with E-state index >= 15 is 0 Å². The van der Waals surface area contributed by atoms with Gasteiger partial charge in [0.05, 0.1) is 6.04 Å². The fraction of sp³-hybridized carbons (Fsp3) is 0.409. The van der Waals surface area contributed by atoms with Crippen LogP contribution in [0.15, 0.2) is 48.7 Å². The number of carbonyl (C=O) groups excluding carboxylic acids is 2. The molecule has 6 nitrogen and oxygen atoms in total. The molecular weight excluding hydrogens is 371 g/mol. The highest BCUT2D eigenvalue weighted by atomic mass is 19.1. The largest absolute Gasteiger partial charge is 0.340 e. The molecule has 0 aliphatic carbocycles. The molecule has 1 aliphatic rings. The van der Waals surface area contributed by atoms with E-state index in [9.17, 15) is 14.0 Å². The van der Waals surface area contributed by atoms with Crippen molar-refractivity contribution in [2.75, 3.05) is 33.2 Å². The van der Waals surface area contributed by atoms with Gasteiger partial charge in [0, 0.05) is 46.0 Å². The third kappa shape index (κ3) is 5.38. The van der Waals surface area contributed by atoms with Gasteiger partial charge >= 0.3 is 0 Å². The molecule has 1 aromatic carbocycles. The number of nitrogens with zero attached hydrogens (tertiary/aromatic N) is 4. The van der Waals surface area contributed by atoms with Gasteiger partial charge in [0.15, 0.2) is 0 Å². The average Bonchev–Trinajstić information content (AvgIpc) is 2.99. The van der Waals surface area contributed by atoms with E-state index in [0.29, 0.717) is 31.9 Å². The first-order valence-corrected chi connectivity index (χ1v) is 9.89. The number of rotatable bonds is 5. The van der Waals surface area contributed by atoms with Gasteiger partial charge in [-0.1, -0.05) is 18.2 Å². The first kappa shape index (κ1) is 20.9. The highest BCUT2D eigenvalue weighted by molar-refractivity contribution is 5.92. The summed E-state index contributed by atoms with van der Waals surface area (Å²) in [4.78, 5) is 35.2. The van der Waals surface area contributed by atoms with Crippen molar-refractivity contribution in [1.82, 2.24) is 19.7 Å². The Balaban J connectivity index is 1.57. The molecule has 0 radical (unpaired) electrons. The van der Waals surface area contributed by atoms with E-state index in [4.69, 9.17) is 0 Å². The van der Waals surface area contributed by atoms with E-state index in [1.165, 1.54) is 12.1 Å². The second kappa shape index (κ2) is 9.60. The number of carbonyl (C=O) groups is 2. The van der Waals surface area contributed by atoms with Gasteiger partial charge in [0.25, 0.3) is 5.91 Å². The van der Waals surface area contributed by atoms with Crippen LogP contribution in [0.4, 0.5) is 4.39 Å². The van der Waals surface area contributed by atoms with E-state index in [0.717, 1.165) is 18.5 Å². The fourth-order valence-corrected chi connectivity index (χ4v) is 3.64. The normalized spacial score (nSPS) is 16.2. The molecule has 1 fully saturated rings. The van der Waals surface area contributed by atoms with Gasteiger partial charge in [-0.3, -0.25) is 19.5 Å². The summed E-state index contributed by atoms with van der Waals surface area (Å²) < 4.78 is 13.4. The summed E-state index contributed by atoms with van der Waals surface area (Å²) in [6, 6.07) is 11.3. The number of amides is 2. The van der Waals surface area contributed by atoms with Crippen molar-refractivity contribution in [2.24, 2.45) is 0 Å². The van der Waals surface area contributed by atoms with Crippen molar-refractivity contribution in [3.63, 3.8) is 0 Å². The average molecular weight is 398 g/mol. The number of aromatic nitrogens is 1. The van der Waals surface area contributed by atoms with Crippen LogP contribution >= 0.6 is 0 Å². The zero-order valence-electron chi connectivity index (χ0n) is 16.9. The molecule has 2 aromatic rings. The molecule has 1 aromatic heterocycles. The van der Waals surface area contributed by atoms with Crippen molar-refractivity contribution < 1.29 is 14.0 Å². The number of likely N-dealkylation sites (N-methyl/N-ethyl adjacent to an activating group) is 1. The minimum absolute atomic E-state index is 0.0150. The van der Waals surface area contributed by atoms with E-state index < -0.39 is 0 Å². The lowest BCUT2D eigenvalue weighted by Crippen LogP contribution is -2.47. The summed E-state index contributed by atoms with van der Waals surface area (Å²) in [5, 5.41) is 0. The standard InChI is InChI=1S/C22H27FN4O2/c1-17(21(28)25(2)16-18-7-5-8-19(23)15-18)26-11-6-12-27(14-13-26)22(29)20-9-3-4-10-24-20/h3-5,7-10,15,17H,6,11-14,16H2,1-2H3/t17-/m0/s1. The lowest BCUT2D eigenvalue weighted by atomic mass is 10.2. The Morgan fingerprint density at radius 3 is 2.69 bits per heavy atom. The predicted molar refractivity (Wildman–Crippen MR) is 109 cm³/mol. The lowest BCUT2D eigenvalue weighted by molar-refractivity contribution is -0.135. The fourth-order valence-electron chi connectivity index (χ4n) is 3.64. The van der Waals surface area contributed by atoms with Crippen molar-refractivity contribution in [1.29, 1.82) is 0 Å². The summed E-state index contributed by atoms with van der Waals surface area (Å²) >= 11 is 0. The van der Waals surface area contributed by atoms with Crippen molar-refractivity contribution >= 4 is 11.8 Å². The molecule has 7 heteroatoms. The first-order chi connectivity index (χ1) is 14.0. The second-order valence-corrected chi connectivity index (χ2v) is 7.40. The summed E-state index contributed by atoms with van der Waals surface area (Å²) in [6.45, 7) is 4.82. The number of hydrogen-bond acceptors (Lipinski definition) is 4. The molecule has 3 rings (SSSR count). The zero-order valence-corrected chi connectivity index (χ0v) is 16.9. The predicted octanol–water partition coefficient (Wildman–Crippen LogP) is 2.42. The van der Waals surface area contributed by atoms with Crippen LogP contribution in [-0.2, 0) is 11.3 Å². The smallest absolute Gasteiger partial charge is 0.272 e. The Kier molecular flexibility index (Phi) is 6.93. The second-order valence-electron chi connectivity index (χ2n) is 7.40. The third-order valence-electron chi connectivity index (χ3n) is 5.29. The van der Waals surface area contributed by atoms with Gasteiger partial charge < -0.3 is 9.80 Å².